The molecule has 1 aromatic carbocycles. The Kier molecular flexibility index (Phi) is 2.96. The number of hydrogen-bond acceptors (Lipinski definition) is 3. The van der Waals surface area contributed by atoms with E-state index in [9.17, 15) is 4.79 Å². The summed E-state index contributed by atoms with van der Waals surface area (Å²) in [5.41, 5.74) is 1.87. The third-order valence-electron chi connectivity index (χ3n) is 4.96. The van der Waals surface area contributed by atoms with Gasteiger partial charge in [0.1, 0.15) is 0 Å². The fourth-order valence-electron chi connectivity index (χ4n) is 3.71. The molecule has 0 unspecified atom stereocenters. The number of piperidine rings is 3. The van der Waals surface area contributed by atoms with Crippen LogP contribution in [0.1, 0.15) is 23.5 Å². The van der Waals surface area contributed by atoms with E-state index in [0.29, 0.717) is 11.7 Å². The van der Waals surface area contributed by atoms with Crippen molar-refractivity contribution in [1.29, 1.82) is 0 Å². The standard InChI is InChI=1S/C16H20N4O/c1-19-14-5-3-2-4-12(14)17-15(19)16(21)18-13-10-20-8-6-11(13)7-9-20/h2-5,11,13H,6-10H2,1H3,(H,18,21)/t13-/m0/s1. The maximum atomic E-state index is 12.6. The highest BCUT2D eigenvalue weighted by molar-refractivity contribution is 5.95. The van der Waals surface area contributed by atoms with Gasteiger partial charge in [-0.25, -0.2) is 4.98 Å². The molecule has 1 aromatic heterocycles. The SMILES string of the molecule is Cn1c(C(=O)N[C@H]2CN3CCC2CC3)nc2ccccc21. The zero-order valence-electron chi connectivity index (χ0n) is 12.2. The van der Waals surface area contributed by atoms with E-state index in [2.05, 4.69) is 15.2 Å². The molecule has 1 amide bonds. The second kappa shape index (κ2) is 4.84. The quantitative estimate of drug-likeness (QED) is 0.907. The fraction of sp³-hybridized carbons (Fsp3) is 0.500. The molecule has 3 saturated heterocycles. The molecule has 1 N–H and O–H groups in total. The van der Waals surface area contributed by atoms with Crippen molar-refractivity contribution in [3.05, 3.63) is 30.1 Å². The predicted octanol–water partition coefficient (Wildman–Crippen LogP) is 1.40. The van der Waals surface area contributed by atoms with Crippen molar-refractivity contribution < 1.29 is 4.79 Å². The number of aryl methyl sites for hydroxylation is 1. The van der Waals surface area contributed by atoms with Crippen LogP contribution in [0.25, 0.3) is 11.0 Å². The first kappa shape index (κ1) is 12.8. The Hall–Kier alpha value is -1.88. The number of aromatic nitrogens is 2. The number of hydrogen-bond donors (Lipinski definition) is 1. The second-order valence-electron chi connectivity index (χ2n) is 6.20. The smallest absolute Gasteiger partial charge is 0.287 e. The van der Waals surface area contributed by atoms with E-state index in [0.717, 1.165) is 17.6 Å². The molecule has 5 heteroatoms. The molecule has 5 rings (SSSR count). The number of amides is 1. The van der Waals surface area contributed by atoms with Gasteiger partial charge in [-0.15, -0.1) is 0 Å². The van der Waals surface area contributed by atoms with Gasteiger partial charge >= 0.3 is 0 Å². The van der Waals surface area contributed by atoms with Gasteiger partial charge in [0.2, 0.25) is 0 Å². The Morgan fingerprint density at radius 1 is 1.29 bits per heavy atom. The molecular formula is C16H20N4O. The van der Waals surface area contributed by atoms with Crippen LogP contribution < -0.4 is 5.32 Å². The first-order valence-electron chi connectivity index (χ1n) is 7.67. The number of benzene rings is 1. The van der Waals surface area contributed by atoms with Gasteiger partial charge in [0.25, 0.3) is 5.91 Å². The average molecular weight is 284 g/mol. The summed E-state index contributed by atoms with van der Waals surface area (Å²) < 4.78 is 1.88. The van der Waals surface area contributed by atoms with E-state index in [1.807, 2.05) is 35.9 Å². The van der Waals surface area contributed by atoms with E-state index in [1.54, 1.807) is 0 Å². The van der Waals surface area contributed by atoms with Gasteiger partial charge in [-0.1, -0.05) is 12.1 Å². The van der Waals surface area contributed by atoms with Crippen LogP contribution in [-0.2, 0) is 7.05 Å². The minimum absolute atomic E-state index is 0.0487. The van der Waals surface area contributed by atoms with Crippen molar-refractivity contribution in [3.8, 4) is 0 Å². The molecule has 21 heavy (non-hydrogen) atoms. The molecule has 2 aromatic rings. The van der Waals surface area contributed by atoms with Crippen molar-refractivity contribution in [3.63, 3.8) is 0 Å². The molecule has 0 saturated carbocycles. The largest absolute Gasteiger partial charge is 0.345 e. The molecule has 2 bridgehead atoms. The zero-order valence-corrected chi connectivity index (χ0v) is 12.2. The van der Waals surface area contributed by atoms with Crippen LogP contribution in [0, 0.1) is 5.92 Å². The number of fused-ring (bicyclic) bond motifs is 4. The van der Waals surface area contributed by atoms with Crippen LogP contribution in [-0.4, -0.2) is 46.0 Å². The minimum Gasteiger partial charge on any atom is -0.345 e. The van der Waals surface area contributed by atoms with E-state index in [4.69, 9.17) is 0 Å². The first-order chi connectivity index (χ1) is 10.2. The summed E-state index contributed by atoms with van der Waals surface area (Å²) >= 11 is 0. The average Bonchev–Trinajstić information content (AvgIpc) is 2.86. The predicted molar refractivity (Wildman–Crippen MR) is 81.1 cm³/mol. The van der Waals surface area contributed by atoms with E-state index in [1.165, 1.54) is 25.9 Å². The van der Waals surface area contributed by atoms with Gasteiger partial charge in [0, 0.05) is 19.6 Å². The summed E-state index contributed by atoms with van der Waals surface area (Å²) in [6.45, 7) is 3.35. The first-order valence-corrected chi connectivity index (χ1v) is 7.67. The molecule has 3 aliphatic rings. The van der Waals surface area contributed by atoms with Gasteiger partial charge in [-0.2, -0.15) is 0 Å². The Labute approximate surface area is 123 Å². The molecule has 4 heterocycles. The molecule has 110 valence electrons. The molecular weight excluding hydrogens is 264 g/mol. The highest BCUT2D eigenvalue weighted by Gasteiger charge is 2.35. The zero-order chi connectivity index (χ0) is 14.4. The number of carbonyl (C=O) groups is 1. The summed E-state index contributed by atoms with van der Waals surface area (Å²) in [6.07, 6.45) is 2.40. The maximum absolute atomic E-state index is 12.6. The monoisotopic (exact) mass is 284 g/mol. The molecule has 3 aliphatic heterocycles. The fourth-order valence-corrected chi connectivity index (χ4v) is 3.71. The minimum atomic E-state index is -0.0487. The number of nitrogens with one attached hydrogen (secondary N) is 1. The molecule has 0 aliphatic carbocycles. The lowest BCUT2D eigenvalue weighted by Gasteiger charge is -2.44. The van der Waals surface area contributed by atoms with Crippen LogP contribution in [0.3, 0.4) is 0 Å². The third-order valence-corrected chi connectivity index (χ3v) is 4.96. The number of carbonyl (C=O) groups excluding carboxylic acids is 1. The van der Waals surface area contributed by atoms with Crippen LogP contribution >= 0.6 is 0 Å². The highest BCUT2D eigenvalue weighted by atomic mass is 16.2. The van der Waals surface area contributed by atoms with E-state index < -0.39 is 0 Å². The van der Waals surface area contributed by atoms with Gasteiger partial charge in [0.05, 0.1) is 11.0 Å². The van der Waals surface area contributed by atoms with E-state index >= 15 is 0 Å². The lowest BCUT2D eigenvalue weighted by Crippen LogP contribution is -2.57. The highest BCUT2D eigenvalue weighted by Crippen LogP contribution is 2.27. The number of rotatable bonds is 2. The summed E-state index contributed by atoms with van der Waals surface area (Å²) in [5, 5.41) is 3.20. The maximum Gasteiger partial charge on any atom is 0.287 e. The van der Waals surface area contributed by atoms with Crippen LogP contribution in [0.4, 0.5) is 0 Å². The van der Waals surface area contributed by atoms with Crippen LogP contribution in [0.5, 0.6) is 0 Å². The number of imidazole rings is 1. The summed E-state index contributed by atoms with van der Waals surface area (Å²) in [4.78, 5) is 19.5. The Morgan fingerprint density at radius 2 is 2.05 bits per heavy atom. The number of nitrogens with zero attached hydrogens (tertiary/aromatic N) is 3. The van der Waals surface area contributed by atoms with Gasteiger partial charge < -0.3 is 14.8 Å². The normalized spacial score (nSPS) is 28.0. The third kappa shape index (κ3) is 2.12. The Bertz CT molecular complexity index is 685. The topological polar surface area (TPSA) is 50.2 Å². The van der Waals surface area contributed by atoms with Crippen LogP contribution in [0.15, 0.2) is 24.3 Å². The Morgan fingerprint density at radius 3 is 2.71 bits per heavy atom. The summed E-state index contributed by atoms with van der Waals surface area (Å²) in [6, 6.07) is 8.14. The van der Waals surface area contributed by atoms with Crippen molar-refractivity contribution in [1.82, 2.24) is 19.8 Å². The van der Waals surface area contributed by atoms with Crippen molar-refractivity contribution in [2.45, 2.75) is 18.9 Å². The second-order valence-corrected chi connectivity index (χ2v) is 6.20. The molecule has 0 spiro atoms. The van der Waals surface area contributed by atoms with Crippen molar-refractivity contribution in [2.24, 2.45) is 13.0 Å². The van der Waals surface area contributed by atoms with Crippen LogP contribution in [0.2, 0.25) is 0 Å². The van der Waals surface area contributed by atoms with Crippen molar-refractivity contribution in [2.75, 3.05) is 19.6 Å². The van der Waals surface area contributed by atoms with Gasteiger partial charge in [-0.05, 0) is 44.0 Å². The van der Waals surface area contributed by atoms with Gasteiger partial charge in [-0.3, -0.25) is 4.79 Å². The summed E-state index contributed by atoms with van der Waals surface area (Å²) in [5.74, 6) is 1.09. The molecule has 1 atom stereocenters. The van der Waals surface area contributed by atoms with E-state index in [-0.39, 0.29) is 11.9 Å². The lowest BCUT2D eigenvalue weighted by atomic mass is 9.84. The molecule has 0 radical (unpaired) electrons. The van der Waals surface area contributed by atoms with Gasteiger partial charge in [0.15, 0.2) is 5.82 Å². The number of para-hydroxylation sites is 2. The molecule has 3 fully saturated rings. The lowest BCUT2D eigenvalue weighted by molar-refractivity contribution is 0.0613. The molecule has 5 nitrogen and oxygen atoms in total. The van der Waals surface area contributed by atoms with Crippen molar-refractivity contribution >= 4 is 16.9 Å². The Balaban J connectivity index is 1.58. The summed E-state index contributed by atoms with van der Waals surface area (Å²) in [7, 11) is 1.90.